The highest BCUT2D eigenvalue weighted by Gasteiger charge is 2.31. The third-order valence-electron chi connectivity index (χ3n) is 3.36. The number of carbonyl (C=O) groups excluding carboxylic acids is 1. The minimum atomic E-state index is -0.490. The summed E-state index contributed by atoms with van der Waals surface area (Å²) in [4.78, 5) is 24.8. The number of para-hydroxylation sites is 1. The van der Waals surface area contributed by atoms with E-state index in [0.717, 1.165) is 0 Å². The summed E-state index contributed by atoms with van der Waals surface area (Å²) in [6.45, 7) is 6.32. The van der Waals surface area contributed by atoms with E-state index in [2.05, 4.69) is 0 Å². The van der Waals surface area contributed by atoms with Gasteiger partial charge in [0, 0.05) is 18.7 Å². The zero-order valence-corrected chi connectivity index (χ0v) is 11.8. The van der Waals surface area contributed by atoms with Crippen molar-refractivity contribution >= 4 is 11.6 Å². The molecule has 1 saturated heterocycles. The topological polar surface area (TPSA) is 72.7 Å². The van der Waals surface area contributed by atoms with Crippen molar-refractivity contribution in [1.82, 2.24) is 4.90 Å². The number of nitro groups is 1. The van der Waals surface area contributed by atoms with Crippen molar-refractivity contribution < 1.29 is 14.5 Å². The Kier molecular flexibility index (Phi) is 4.04. The highest BCUT2D eigenvalue weighted by atomic mass is 16.6. The van der Waals surface area contributed by atoms with Crippen LogP contribution in [0, 0.1) is 17.0 Å². The Balaban J connectivity index is 2.34. The number of nitrogens with zero attached hydrogens (tertiary/aromatic N) is 2. The van der Waals surface area contributed by atoms with Crippen LogP contribution in [0.2, 0.25) is 0 Å². The molecule has 1 fully saturated rings. The second-order valence-electron chi connectivity index (χ2n) is 5.20. The Hall–Kier alpha value is -1.95. The maximum absolute atomic E-state index is 12.5. The molecule has 0 N–H and O–H groups in total. The molecule has 1 heterocycles. The number of amides is 1. The van der Waals surface area contributed by atoms with E-state index in [-0.39, 0.29) is 29.4 Å². The van der Waals surface area contributed by atoms with Crippen LogP contribution >= 0.6 is 0 Å². The third kappa shape index (κ3) is 2.80. The maximum Gasteiger partial charge on any atom is 0.285 e. The summed E-state index contributed by atoms with van der Waals surface area (Å²) in [5, 5.41) is 11.2. The number of morpholine rings is 1. The van der Waals surface area contributed by atoms with Gasteiger partial charge in [-0.15, -0.1) is 0 Å². The predicted octanol–water partition coefficient (Wildman–Crippen LogP) is 2.15. The molecule has 1 aliphatic rings. The van der Waals surface area contributed by atoms with Gasteiger partial charge in [0.25, 0.3) is 11.6 Å². The van der Waals surface area contributed by atoms with E-state index in [9.17, 15) is 14.9 Å². The molecule has 6 nitrogen and oxygen atoms in total. The summed E-state index contributed by atoms with van der Waals surface area (Å²) >= 11 is 0. The first-order valence-electron chi connectivity index (χ1n) is 6.59. The van der Waals surface area contributed by atoms with E-state index in [4.69, 9.17) is 4.74 Å². The quantitative estimate of drug-likeness (QED) is 0.613. The second-order valence-corrected chi connectivity index (χ2v) is 5.20. The Labute approximate surface area is 117 Å². The molecular weight excluding hydrogens is 260 g/mol. The highest BCUT2D eigenvalue weighted by molar-refractivity contribution is 5.98. The number of benzene rings is 1. The zero-order chi connectivity index (χ0) is 14.9. The molecule has 0 bridgehead atoms. The molecule has 1 aromatic rings. The SMILES string of the molecule is Cc1cccc(C(=O)N2C[C@H](C)O[C@@H](C)C2)c1[N+](=O)[O-]. The summed E-state index contributed by atoms with van der Waals surface area (Å²) in [5.74, 6) is -0.303. The number of hydrogen-bond acceptors (Lipinski definition) is 4. The van der Waals surface area contributed by atoms with Crippen LogP contribution in [0.5, 0.6) is 0 Å². The van der Waals surface area contributed by atoms with Crippen molar-refractivity contribution in [1.29, 1.82) is 0 Å². The van der Waals surface area contributed by atoms with Crippen LogP contribution in [0.1, 0.15) is 29.8 Å². The van der Waals surface area contributed by atoms with Crippen molar-refractivity contribution in [2.45, 2.75) is 33.0 Å². The molecule has 0 saturated carbocycles. The molecule has 0 unspecified atom stereocenters. The molecular formula is C14H18N2O4. The molecule has 2 rings (SSSR count). The first-order valence-corrected chi connectivity index (χ1v) is 6.59. The summed E-state index contributed by atoms with van der Waals surface area (Å²) in [5.41, 5.74) is 0.538. The number of ether oxygens (including phenoxy) is 1. The highest BCUT2D eigenvalue weighted by Crippen LogP contribution is 2.25. The van der Waals surface area contributed by atoms with Crippen LogP contribution in [-0.2, 0) is 4.74 Å². The van der Waals surface area contributed by atoms with Gasteiger partial charge in [-0.2, -0.15) is 0 Å². The molecule has 20 heavy (non-hydrogen) atoms. The van der Waals surface area contributed by atoms with Gasteiger partial charge in [-0.05, 0) is 26.8 Å². The van der Waals surface area contributed by atoms with Gasteiger partial charge in [-0.25, -0.2) is 0 Å². The van der Waals surface area contributed by atoms with Crippen LogP contribution in [0.25, 0.3) is 0 Å². The Morgan fingerprint density at radius 3 is 2.50 bits per heavy atom. The third-order valence-corrected chi connectivity index (χ3v) is 3.36. The lowest BCUT2D eigenvalue weighted by atomic mass is 10.1. The molecule has 2 atom stereocenters. The molecule has 1 amide bonds. The van der Waals surface area contributed by atoms with Crippen molar-refractivity contribution in [3.8, 4) is 0 Å². The lowest BCUT2D eigenvalue weighted by molar-refractivity contribution is -0.385. The number of carbonyl (C=O) groups is 1. The lowest BCUT2D eigenvalue weighted by Crippen LogP contribution is -2.48. The van der Waals surface area contributed by atoms with Crippen molar-refractivity contribution in [2.24, 2.45) is 0 Å². The van der Waals surface area contributed by atoms with E-state index in [1.807, 2.05) is 13.8 Å². The normalized spacial score (nSPS) is 22.6. The van der Waals surface area contributed by atoms with E-state index < -0.39 is 4.92 Å². The van der Waals surface area contributed by atoms with Gasteiger partial charge < -0.3 is 9.64 Å². The van der Waals surface area contributed by atoms with E-state index >= 15 is 0 Å². The van der Waals surface area contributed by atoms with Gasteiger partial charge in [0.1, 0.15) is 5.56 Å². The molecule has 108 valence electrons. The molecule has 1 aromatic carbocycles. The Morgan fingerprint density at radius 2 is 1.95 bits per heavy atom. The number of aryl methyl sites for hydroxylation is 1. The molecule has 0 aromatic heterocycles. The minimum Gasteiger partial charge on any atom is -0.372 e. The number of hydrogen-bond donors (Lipinski definition) is 0. The van der Waals surface area contributed by atoms with E-state index in [0.29, 0.717) is 18.7 Å². The summed E-state index contributed by atoms with van der Waals surface area (Å²) < 4.78 is 5.58. The van der Waals surface area contributed by atoms with Gasteiger partial charge in [-0.1, -0.05) is 12.1 Å². The van der Waals surface area contributed by atoms with Crippen LogP contribution < -0.4 is 0 Å². The average molecular weight is 278 g/mol. The van der Waals surface area contributed by atoms with Gasteiger partial charge >= 0.3 is 0 Å². The average Bonchev–Trinajstić information content (AvgIpc) is 2.35. The smallest absolute Gasteiger partial charge is 0.285 e. The lowest BCUT2D eigenvalue weighted by Gasteiger charge is -2.35. The van der Waals surface area contributed by atoms with Crippen molar-refractivity contribution in [2.75, 3.05) is 13.1 Å². The minimum absolute atomic E-state index is 0.0634. The largest absolute Gasteiger partial charge is 0.372 e. The first kappa shape index (κ1) is 14.5. The van der Waals surface area contributed by atoms with E-state index in [1.54, 1.807) is 24.0 Å². The zero-order valence-electron chi connectivity index (χ0n) is 11.8. The summed E-state index contributed by atoms with van der Waals surface area (Å²) in [7, 11) is 0. The fourth-order valence-corrected chi connectivity index (χ4v) is 2.59. The van der Waals surface area contributed by atoms with E-state index in [1.165, 1.54) is 6.07 Å². The monoisotopic (exact) mass is 278 g/mol. The van der Waals surface area contributed by atoms with Crippen LogP contribution in [-0.4, -0.2) is 41.0 Å². The molecule has 0 aliphatic carbocycles. The predicted molar refractivity (Wildman–Crippen MR) is 73.7 cm³/mol. The van der Waals surface area contributed by atoms with Gasteiger partial charge in [0.15, 0.2) is 0 Å². The van der Waals surface area contributed by atoms with Crippen molar-refractivity contribution in [3.63, 3.8) is 0 Å². The fourth-order valence-electron chi connectivity index (χ4n) is 2.59. The molecule has 0 radical (unpaired) electrons. The van der Waals surface area contributed by atoms with Gasteiger partial charge in [0.2, 0.25) is 0 Å². The summed E-state index contributed by atoms with van der Waals surface area (Å²) in [6, 6.07) is 4.82. The van der Waals surface area contributed by atoms with Crippen molar-refractivity contribution in [3.05, 3.63) is 39.4 Å². The molecule has 0 spiro atoms. The fraction of sp³-hybridized carbons (Fsp3) is 0.500. The Morgan fingerprint density at radius 1 is 1.35 bits per heavy atom. The second kappa shape index (κ2) is 5.58. The first-order chi connectivity index (χ1) is 9.40. The summed E-state index contributed by atoms with van der Waals surface area (Å²) in [6.07, 6.45) is -0.127. The number of rotatable bonds is 2. The van der Waals surface area contributed by atoms with Crippen LogP contribution in [0.15, 0.2) is 18.2 Å². The molecule has 6 heteroatoms. The number of nitro benzene ring substituents is 1. The van der Waals surface area contributed by atoms with Crippen LogP contribution in [0.3, 0.4) is 0 Å². The Bertz CT molecular complexity index is 534. The maximum atomic E-state index is 12.5. The van der Waals surface area contributed by atoms with Gasteiger partial charge in [-0.3, -0.25) is 14.9 Å². The standard InChI is InChI=1S/C14H18N2O4/c1-9-5-4-6-12(13(9)16(18)19)14(17)15-7-10(2)20-11(3)8-15/h4-6,10-11H,7-8H2,1-3H3/t10-,11-/m0/s1. The van der Waals surface area contributed by atoms with Gasteiger partial charge in [0.05, 0.1) is 17.1 Å². The van der Waals surface area contributed by atoms with Crippen LogP contribution in [0.4, 0.5) is 5.69 Å². The molecule has 1 aliphatic heterocycles.